The van der Waals surface area contributed by atoms with Crippen molar-refractivity contribution < 1.29 is 28.3 Å². The number of sulfone groups is 1. The first-order valence-electron chi connectivity index (χ1n) is 8.92. The molecule has 1 aliphatic rings. The van der Waals surface area contributed by atoms with E-state index in [-0.39, 0.29) is 23.7 Å². The van der Waals surface area contributed by atoms with Crippen molar-refractivity contribution in [1.29, 1.82) is 0 Å². The highest BCUT2D eigenvalue weighted by atomic mass is 32.2. The minimum atomic E-state index is -3.26. The largest absolute Gasteiger partial charge is 0.395 e. The smallest absolute Gasteiger partial charge is 0.266 e. The molecule has 1 aliphatic heterocycles. The van der Waals surface area contributed by atoms with E-state index < -0.39 is 33.1 Å². The van der Waals surface area contributed by atoms with Crippen molar-refractivity contribution in [2.45, 2.75) is 25.8 Å². The van der Waals surface area contributed by atoms with Gasteiger partial charge >= 0.3 is 0 Å². The van der Waals surface area contributed by atoms with E-state index in [1.165, 1.54) is 17.6 Å². The van der Waals surface area contributed by atoms with Gasteiger partial charge in [-0.1, -0.05) is 18.8 Å². The number of hydrogen-bond acceptors (Lipinski definition) is 6. The van der Waals surface area contributed by atoms with E-state index >= 15 is 0 Å². The van der Waals surface area contributed by atoms with Crippen LogP contribution in [0.1, 0.15) is 35.7 Å². The molecular weight excluding hydrogens is 396 g/mol. The van der Waals surface area contributed by atoms with Crippen LogP contribution >= 0.6 is 0 Å². The van der Waals surface area contributed by atoms with Gasteiger partial charge in [0.2, 0.25) is 0 Å². The quantitative estimate of drug-likeness (QED) is 0.289. The lowest BCUT2D eigenvalue weighted by molar-refractivity contribution is -0.134. The summed E-state index contributed by atoms with van der Waals surface area (Å²) in [6.07, 6.45) is 0.688. The SMILES string of the molecule is CCC1(C(NC(=O)c2ccc(C#CC#CCCO)cc2)C(=O)NO)CS(=O)(=O)C1. The molecule has 1 fully saturated rings. The topological polar surface area (TPSA) is 133 Å². The van der Waals surface area contributed by atoms with Gasteiger partial charge in [0.15, 0.2) is 9.84 Å². The third kappa shape index (κ3) is 5.58. The zero-order valence-corrected chi connectivity index (χ0v) is 16.7. The molecule has 2 rings (SSSR count). The molecule has 0 radical (unpaired) electrons. The number of nitrogens with one attached hydrogen (secondary N) is 2. The Labute approximate surface area is 169 Å². The zero-order chi connectivity index (χ0) is 21.5. The lowest BCUT2D eigenvalue weighted by Gasteiger charge is -2.45. The molecular formula is C20H22N2O6S. The van der Waals surface area contributed by atoms with E-state index in [2.05, 4.69) is 29.0 Å². The van der Waals surface area contributed by atoms with Gasteiger partial charge in [-0.25, -0.2) is 13.9 Å². The first-order chi connectivity index (χ1) is 13.8. The van der Waals surface area contributed by atoms with Crippen molar-refractivity contribution in [3.05, 3.63) is 35.4 Å². The summed E-state index contributed by atoms with van der Waals surface area (Å²) in [5.74, 6) is 8.79. The number of aliphatic hydroxyl groups excluding tert-OH is 1. The summed E-state index contributed by atoms with van der Waals surface area (Å²) in [6, 6.07) is 5.07. The Kier molecular flexibility index (Phi) is 7.40. The maximum atomic E-state index is 12.6. The van der Waals surface area contributed by atoms with Gasteiger partial charge in [0, 0.05) is 23.0 Å². The third-order valence-corrected chi connectivity index (χ3v) is 6.75. The van der Waals surface area contributed by atoms with Crippen molar-refractivity contribution in [3.63, 3.8) is 0 Å². The van der Waals surface area contributed by atoms with Crippen LogP contribution in [-0.2, 0) is 14.6 Å². The molecule has 1 heterocycles. The second-order valence-electron chi connectivity index (χ2n) is 6.73. The molecule has 8 nitrogen and oxygen atoms in total. The van der Waals surface area contributed by atoms with Gasteiger partial charge in [0.25, 0.3) is 11.8 Å². The van der Waals surface area contributed by atoms with Crippen LogP contribution in [0.25, 0.3) is 0 Å². The van der Waals surface area contributed by atoms with Crippen LogP contribution < -0.4 is 10.8 Å². The fourth-order valence-corrected chi connectivity index (χ4v) is 5.56. The highest BCUT2D eigenvalue weighted by Crippen LogP contribution is 2.39. The van der Waals surface area contributed by atoms with Crippen molar-refractivity contribution in [1.82, 2.24) is 10.8 Å². The first-order valence-corrected chi connectivity index (χ1v) is 10.7. The molecule has 0 aliphatic carbocycles. The Balaban J connectivity index is 2.14. The molecule has 4 N–H and O–H groups in total. The van der Waals surface area contributed by atoms with Crippen LogP contribution in [0.3, 0.4) is 0 Å². The van der Waals surface area contributed by atoms with E-state index in [0.717, 1.165) is 0 Å². The lowest BCUT2D eigenvalue weighted by atomic mass is 9.79. The lowest BCUT2D eigenvalue weighted by Crippen LogP contribution is -2.65. The van der Waals surface area contributed by atoms with Crippen LogP contribution in [0, 0.1) is 29.1 Å². The molecule has 9 heteroatoms. The number of aliphatic hydroxyl groups is 1. The first kappa shape index (κ1) is 22.4. The average molecular weight is 418 g/mol. The number of amides is 2. The Hall–Kier alpha value is -2.85. The maximum Gasteiger partial charge on any atom is 0.266 e. The van der Waals surface area contributed by atoms with Crippen molar-refractivity contribution in [2.75, 3.05) is 18.1 Å². The summed E-state index contributed by atoms with van der Waals surface area (Å²) >= 11 is 0. The van der Waals surface area contributed by atoms with Crippen molar-refractivity contribution in [2.24, 2.45) is 5.41 Å². The Morgan fingerprint density at radius 1 is 1.21 bits per heavy atom. The van der Waals surface area contributed by atoms with E-state index in [0.29, 0.717) is 18.4 Å². The monoisotopic (exact) mass is 418 g/mol. The molecule has 2 amide bonds. The van der Waals surface area contributed by atoms with Gasteiger partial charge < -0.3 is 10.4 Å². The summed E-state index contributed by atoms with van der Waals surface area (Å²) in [5, 5.41) is 20.2. The maximum absolute atomic E-state index is 12.6. The molecule has 0 saturated carbocycles. The van der Waals surface area contributed by atoms with E-state index in [9.17, 15) is 18.0 Å². The normalized spacial score (nSPS) is 16.7. The standard InChI is InChI=1S/C20H22N2O6S/c1-2-20(13-29(27,28)14-20)17(19(25)22-26)21-18(24)16-10-8-15(9-11-16)7-5-3-4-6-12-23/h8-11,17,23,26H,2,6,12-14H2,1H3,(H,21,24)(H,22,25). The van der Waals surface area contributed by atoms with Gasteiger partial charge in [0.1, 0.15) is 6.04 Å². The van der Waals surface area contributed by atoms with Crippen LogP contribution in [0.2, 0.25) is 0 Å². The fraction of sp³-hybridized carbons (Fsp3) is 0.400. The molecule has 0 bridgehead atoms. The average Bonchev–Trinajstić information content (AvgIpc) is 2.69. The molecule has 1 unspecified atom stereocenters. The van der Waals surface area contributed by atoms with Crippen LogP contribution in [0.5, 0.6) is 0 Å². The molecule has 1 aromatic rings. The van der Waals surface area contributed by atoms with Crippen LogP contribution in [-0.4, -0.2) is 54.7 Å². The number of rotatable bonds is 6. The van der Waals surface area contributed by atoms with Crippen LogP contribution in [0.4, 0.5) is 0 Å². The molecule has 1 atom stereocenters. The minimum Gasteiger partial charge on any atom is -0.395 e. The van der Waals surface area contributed by atoms with E-state index in [1.807, 2.05) is 0 Å². The number of hydrogen-bond donors (Lipinski definition) is 4. The van der Waals surface area contributed by atoms with E-state index in [1.54, 1.807) is 19.1 Å². The highest BCUT2D eigenvalue weighted by molar-refractivity contribution is 7.92. The zero-order valence-electron chi connectivity index (χ0n) is 15.9. The number of carbonyl (C=O) groups is 2. The Morgan fingerprint density at radius 3 is 2.38 bits per heavy atom. The predicted octanol–water partition coefficient (Wildman–Crippen LogP) is -0.147. The Bertz CT molecular complexity index is 981. The number of hydroxylamine groups is 1. The van der Waals surface area contributed by atoms with Gasteiger partial charge in [-0.2, -0.15) is 0 Å². The van der Waals surface area contributed by atoms with Gasteiger partial charge in [-0.15, -0.1) is 0 Å². The van der Waals surface area contributed by atoms with Gasteiger partial charge in [-0.3, -0.25) is 14.8 Å². The van der Waals surface area contributed by atoms with Gasteiger partial charge in [-0.05, 0) is 42.5 Å². The fourth-order valence-electron chi connectivity index (χ4n) is 3.16. The Morgan fingerprint density at radius 2 is 1.86 bits per heavy atom. The molecule has 154 valence electrons. The second-order valence-corrected chi connectivity index (χ2v) is 8.80. The van der Waals surface area contributed by atoms with Crippen molar-refractivity contribution in [3.8, 4) is 23.7 Å². The predicted molar refractivity (Wildman–Crippen MR) is 105 cm³/mol. The summed E-state index contributed by atoms with van der Waals surface area (Å²) in [7, 11) is -3.26. The molecule has 0 aromatic heterocycles. The van der Waals surface area contributed by atoms with Crippen molar-refractivity contribution >= 4 is 21.7 Å². The third-order valence-electron chi connectivity index (χ3n) is 4.72. The number of benzene rings is 1. The summed E-state index contributed by atoms with van der Waals surface area (Å²) in [6.45, 7) is 1.70. The summed E-state index contributed by atoms with van der Waals surface area (Å²) in [4.78, 5) is 24.7. The molecule has 29 heavy (non-hydrogen) atoms. The van der Waals surface area contributed by atoms with E-state index in [4.69, 9.17) is 10.3 Å². The van der Waals surface area contributed by atoms with Crippen LogP contribution in [0.15, 0.2) is 24.3 Å². The summed E-state index contributed by atoms with van der Waals surface area (Å²) < 4.78 is 23.3. The minimum absolute atomic E-state index is 0.0287. The molecule has 0 spiro atoms. The molecule has 1 aromatic carbocycles. The van der Waals surface area contributed by atoms with Gasteiger partial charge in [0.05, 0.1) is 18.1 Å². The second kappa shape index (κ2) is 9.57. The summed E-state index contributed by atoms with van der Waals surface area (Å²) in [5.41, 5.74) is 1.43. The highest BCUT2D eigenvalue weighted by Gasteiger charge is 2.55. The number of carbonyl (C=O) groups excluding carboxylic acids is 2. The molecule has 1 saturated heterocycles.